The highest BCUT2D eigenvalue weighted by Crippen LogP contribution is 2.30. The molecule has 0 saturated carbocycles. The van der Waals surface area contributed by atoms with Gasteiger partial charge in [-0.3, -0.25) is 4.90 Å². The van der Waals surface area contributed by atoms with Gasteiger partial charge < -0.3 is 0 Å². The van der Waals surface area contributed by atoms with Gasteiger partial charge in [-0.05, 0) is 37.1 Å². The lowest BCUT2D eigenvalue weighted by atomic mass is 9.95. The number of likely N-dealkylation sites (tertiary alicyclic amines) is 1. The normalized spacial score (nSPS) is 15.8. The molecule has 1 aliphatic heterocycles. The fourth-order valence-corrected chi connectivity index (χ4v) is 3.06. The molecule has 0 bridgehead atoms. The van der Waals surface area contributed by atoms with Crippen molar-refractivity contribution in [3.63, 3.8) is 0 Å². The van der Waals surface area contributed by atoms with E-state index in [1.807, 2.05) is 0 Å². The van der Waals surface area contributed by atoms with E-state index in [-0.39, 0.29) is 12.4 Å². The van der Waals surface area contributed by atoms with Crippen molar-refractivity contribution in [2.45, 2.75) is 25.3 Å². The van der Waals surface area contributed by atoms with E-state index in [0.29, 0.717) is 6.04 Å². The predicted molar refractivity (Wildman–Crippen MR) is 87.4 cm³/mol. The zero-order valence-electron chi connectivity index (χ0n) is 11.7. The molecule has 0 aliphatic carbocycles. The van der Waals surface area contributed by atoms with Gasteiger partial charge in [-0.1, -0.05) is 67.1 Å². The fourth-order valence-electron chi connectivity index (χ4n) is 3.06. The van der Waals surface area contributed by atoms with Crippen LogP contribution in [0.25, 0.3) is 0 Å². The monoisotopic (exact) mass is 287 g/mol. The second-order valence-electron chi connectivity index (χ2n) is 5.32. The number of halogens is 1. The maximum atomic E-state index is 2.63. The van der Waals surface area contributed by atoms with Gasteiger partial charge in [0.15, 0.2) is 0 Å². The molecule has 1 fully saturated rings. The number of piperidine rings is 1. The summed E-state index contributed by atoms with van der Waals surface area (Å²) in [6.45, 7) is 2.43. The van der Waals surface area contributed by atoms with Crippen molar-refractivity contribution in [2.75, 3.05) is 13.1 Å². The molecule has 0 unspecified atom stereocenters. The maximum Gasteiger partial charge on any atom is 0.0601 e. The Bertz CT molecular complexity index is 452. The number of hydrogen-bond donors (Lipinski definition) is 0. The van der Waals surface area contributed by atoms with E-state index in [0.717, 1.165) is 0 Å². The van der Waals surface area contributed by atoms with Gasteiger partial charge in [0.2, 0.25) is 0 Å². The van der Waals surface area contributed by atoms with Crippen molar-refractivity contribution in [1.82, 2.24) is 4.90 Å². The topological polar surface area (TPSA) is 3.24 Å². The summed E-state index contributed by atoms with van der Waals surface area (Å²) in [5.41, 5.74) is 2.83. The van der Waals surface area contributed by atoms with Crippen LogP contribution in [-0.2, 0) is 0 Å². The van der Waals surface area contributed by atoms with E-state index in [2.05, 4.69) is 65.6 Å². The van der Waals surface area contributed by atoms with Crippen LogP contribution < -0.4 is 0 Å². The lowest BCUT2D eigenvalue weighted by Crippen LogP contribution is -2.34. The Kier molecular flexibility index (Phi) is 5.63. The minimum atomic E-state index is 0. The summed E-state index contributed by atoms with van der Waals surface area (Å²) in [4.78, 5) is 2.63. The molecule has 106 valence electrons. The van der Waals surface area contributed by atoms with Crippen molar-refractivity contribution in [2.24, 2.45) is 0 Å². The molecule has 1 saturated heterocycles. The third kappa shape index (κ3) is 3.41. The molecule has 2 aromatic carbocycles. The van der Waals surface area contributed by atoms with Crippen LogP contribution >= 0.6 is 12.4 Å². The SMILES string of the molecule is Cl.c1ccc(C(c2ccccc2)N2CCCCC2)cc1. The summed E-state index contributed by atoms with van der Waals surface area (Å²) >= 11 is 0. The van der Waals surface area contributed by atoms with Gasteiger partial charge in [-0.15, -0.1) is 12.4 Å². The summed E-state index contributed by atoms with van der Waals surface area (Å²) < 4.78 is 0. The molecular weight excluding hydrogens is 266 g/mol. The second-order valence-corrected chi connectivity index (χ2v) is 5.32. The largest absolute Gasteiger partial charge is 0.292 e. The summed E-state index contributed by atoms with van der Waals surface area (Å²) in [5, 5.41) is 0. The molecule has 0 radical (unpaired) electrons. The standard InChI is InChI=1S/C18H21N.ClH/c1-4-10-16(11-5-1)18(17-12-6-2-7-13-17)19-14-8-3-9-15-19;/h1-2,4-7,10-13,18H,3,8-9,14-15H2;1H. The first-order valence-corrected chi connectivity index (χ1v) is 7.29. The van der Waals surface area contributed by atoms with E-state index in [1.54, 1.807) is 0 Å². The molecule has 1 aliphatic rings. The van der Waals surface area contributed by atoms with Crippen LogP contribution in [0.15, 0.2) is 60.7 Å². The van der Waals surface area contributed by atoms with Crippen LogP contribution in [0.4, 0.5) is 0 Å². The van der Waals surface area contributed by atoms with Crippen molar-refractivity contribution in [3.05, 3.63) is 71.8 Å². The average Bonchev–Trinajstić information content (AvgIpc) is 2.51. The summed E-state index contributed by atoms with van der Waals surface area (Å²) in [5.74, 6) is 0. The smallest absolute Gasteiger partial charge is 0.0601 e. The van der Waals surface area contributed by atoms with Gasteiger partial charge in [0.05, 0.1) is 6.04 Å². The zero-order valence-corrected chi connectivity index (χ0v) is 12.6. The number of nitrogens with zero attached hydrogens (tertiary/aromatic N) is 1. The number of benzene rings is 2. The summed E-state index contributed by atoms with van der Waals surface area (Å²) in [7, 11) is 0. The van der Waals surface area contributed by atoms with Gasteiger partial charge in [0.25, 0.3) is 0 Å². The molecule has 0 amide bonds. The first-order valence-electron chi connectivity index (χ1n) is 7.29. The highest BCUT2D eigenvalue weighted by atomic mass is 35.5. The minimum Gasteiger partial charge on any atom is -0.292 e. The lowest BCUT2D eigenvalue weighted by molar-refractivity contribution is 0.187. The van der Waals surface area contributed by atoms with Gasteiger partial charge in [0, 0.05) is 0 Å². The molecular formula is C18H22ClN. The van der Waals surface area contributed by atoms with Crippen molar-refractivity contribution < 1.29 is 0 Å². The maximum absolute atomic E-state index is 2.63. The molecule has 2 aromatic rings. The van der Waals surface area contributed by atoms with E-state index in [4.69, 9.17) is 0 Å². The van der Waals surface area contributed by atoms with Crippen LogP contribution in [0.5, 0.6) is 0 Å². The third-order valence-electron chi connectivity index (χ3n) is 3.99. The molecule has 20 heavy (non-hydrogen) atoms. The van der Waals surface area contributed by atoms with E-state index >= 15 is 0 Å². The first kappa shape index (κ1) is 15.1. The van der Waals surface area contributed by atoms with Crippen LogP contribution in [0.2, 0.25) is 0 Å². The highest BCUT2D eigenvalue weighted by Gasteiger charge is 2.23. The van der Waals surface area contributed by atoms with Gasteiger partial charge in [-0.25, -0.2) is 0 Å². The van der Waals surface area contributed by atoms with Crippen molar-refractivity contribution in [1.29, 1.82) is 0 Å². The van der Waals surface area contributed by atoms with Gasteiger partial charge in [-0.2, -0.15) is 0 Å². The van der Waals surface area contributed by atoms with Crippen LogP contribution in [0.3, 0.4) is 0 Å². The zero-order chi connectivity index (χ0) is 12.9. The van der Waals surface area contributed by atoms with Crippen molar-refractivity contribution >= 4 is 12.4 Å². The lowest BCUT2D eigenvalue weighted by Gasteiger charge is -2.35. The Hall–Kier alpha value is -1.31. The molecule has 0 spiro atoms. The molecule has 2 heteroatoms. The third-order valence-corrected chi connectivity index (χ3v) is 3.99. The highest BCUT2D eigenvalue weighted by molar-refractivity contribution is 5.85. The Labute approximate surface area is 128 Å². The van der Waals surface area contributed by atoms with Crippen LogP contribution in [-0.4, -0.2) is 18.0 Å². The Morgan fingerprint density at radius 2 is 1.10 bits per heavy atom. The molecule has 0 N–H and O–H groups in total. The van der Waals surface area contributed by atoms with E-state index in [9.17, 15) is 0 Å². The first-order chi connectivity index (χ1) is 9.45. The predicted octanol–water partition coefficient (Wildman–Crippen LogP) is 4.68. The van der Waals surface area contributed by atoms with E-state index in [1.165, 1.54) is 43.5 Å². The Morgan fingerprint density at radius 3 is 1.55 bits per heavy atom. The summed E-state index contributed by atoms with van der Waals surface area (Å²) in [6, 6.07) is 22.2. The quantitative estimate of drug-likeness (QED) is 0.792. The molecule has 1 nitrogen and oxygen atoms in total. The molecule has 3 rings (SSSR count). The second kappa shape index (κ2) is 7.47. The van der Waals surface area contributed by atoms with Gasteiger partial charge in [0.1, 0.15) is 0 Å². The Morgan fingerprint density at radius 1 is 0.650 bits per heavy atom. The minimum absolute atomic E-state index is 0. The van der Waals surface area contributed by atoms with E-state index < -0.39 is 0 Å². The fraction of sp³-hybridized carbons (Fsp3) is 0.333. The van der Waals surface area contributed by atoms with Gasteiger partial charge >= 0.3 is 0 Å². The van der Waals surface area contributed by atoms with Crippen LogP contribution in [0, 0.1) is 0 Å². The Balaban J connectivity index is 0.00000147. The van der Waals surface area contributed by atoms with Crippen LogP contribution in [0.1, 0.15) is 36.4 Å². The number of rotatable bonds is 3. The molecule has 1 heterocycles. The average molecular weight is 288 g/mol. The van der Waals surface area contributed by atoms with Crippen molar-refractivity contribution in [3.8, 4) is 0 Å². The summed E-state index contributed by atoms with van der Waals surface area (Å²) in [6.07, 6.45) is 4.04. The molecule has 0 aromatic heterocycles. The number of hydrogen-bond acceptors (Lipinski definition) is 1. The molecule has 0 atom stereocenters.